The average Bonchev–Trinajstić information content (AvgIpc) is 3.42. The minimum absolute atomic E-state index is 0.180. The maximum Gasteiger partial charge on any atom is 0.289 e. The number of rotatable bonds is 6. The number of hydrogen-bond acceptors (Lipinski definition) is 7. The molecular formula is C29H36F2N8O. The molecule has 4 heterocycles. The van der Waals surface area contributed by atoms with Crippen molar-refractivity contribution in [3.8, 4) is 0 Å². The molecule has 1 unspecified atom stereocenters. The summed E-state index contributed by atoms with van der Waals surface area (Å²) in [6.45, 7) is 12.0. The largest absolute Gasteiger partial charge is 0.369 e. The van der Waals surface area contributed by atoms with Crippen molar-refractivity contribution >= 4 is 34.1 Å². The molecule has 9 nitrogen and oxygen atoms in total. The molecule has 212 valence electrons. The van der Waals surface area contributed by atoms with Gasteiger partial charge < -0.3 is 15.1 Å². The van der Waals surface area contributed by atoms with Crippen molar-refractivity contribution in [3.05, 3.63) is 65.1 Å². The van der Waals surface area contributed by atoms with Gasteiger partial charge in [-0.1, -0.05) is 26.0 Å². The van der Waals surface area contributed by atoms with Crippen molar-refractivity contribution in [1.29, 1.82) is 0 Å². The highest BCUT2D eigenvalue weighted by Crippen LogP contribution is 2.41. The Labute approximate surface area is 232 Å². The van der Waals surface area contributed by atoms with E-state index in [1.165, 1.54) is 10.9 Å². The van der Waals surface area contributed by atoms with Gasteiger partial charge in [-0.3, -0.25) is 9.79 Å². The maximum absolute atomic E-state index is 14.5. The van der Waals surface area contributed by atoms with Gasteiger partial charge >= 0.3 is 0 Å². The number of allylic oxidation sites excluding steroid dienone is 2. The third-order valence-electron chi connectivity index (χ3n) is 7.50. The lowest BCUT2D eigenvalue weighted by atomic mass is 10.1. The molecule has 0 radical (unpaired) electrons. The summed E-state index contributed by atoms with van der Waals surface area (Å²) in [4.78, 5) is 31.3. The highest BCUT2D eigenvalue weighted by molar-refractivity contribution is 6.07. The predicted molar refractivity (Wildman–Crippen MR) is 156 cm³/mol. The standard InChI is InChI=1S/C27H30F2N8O.C2H6/c1-3-12-36-25(38)21-17-30-26(31-19-5-7-20(8-6-19)35-15-13-34(2)14-16-35)33-24(21)37(36)22-9-4-18-10-11-27(28,29)23(18)32-22;1-2/h3-8,17,22H,1,9-16H2,2H3,(H,30,31,33);1-2H3. The fourth-order valence-electron chi connectivity index (χ4n) is 5.40. The van der Waals surface area contributed by atoms with Gasteiger partial charge in [0, 0.05) is 56.6 Å². The monoisotopic (exact) mass is 550 g/mol. The molecule has 3 aromatic rings. The van der Waals surface area contributed by atoms with Crippen LogP contribution in [0, 0.1) is 0 Å². The number of fused-ring (bicyclic) bond motifs is 2. The average molecular weight is 551 g/mol. The molecule has 0 bridgehead atoms. The second kappa shape index (κ2) is 11.3. The SMILES string of the molecule is C=CCn1c(=O)c2cnc(Nc3ccc(N4CCN(C)CC4)cc3)nc2n1C1CC=C2CCC(F)(F)C2=N1.CC. The van der Waals surface area contributed by atoms with Crippen molar-refractivity contribution in [2.45, 2.75) is 51.7 Å². The van der Waals surface area contributed by atoms with E-state index in [2.05, 4.69) is 55.8 Å². The van der Waals surface area contributed by atoms with Crippen molar-refractivity contribution < 1.29 is 8.78 Å². The fourth-order valence-corrected chi connectivity index (χ4v) is 5.40. The van der Waals surface area contributed by atoms with Gasteiger partial charge in [0.15, 0.2) is 5.65 Å². The number of anilines is 3. The van der Waals surface area contributed by atoms with Gasteiger partial charge in [0.1, 0.15) is 17.3 Å². The Morgan fingerprint density at radius 2 is 1.88 bits per heavy atom. The number of halogens is 2. The predicted octanol–water partition coefficient (Wildman–Crippen LogP) is 5.00. The van der Waals surface area contributed by atoms with E-state index in [1.54, 1.807) is 10.8 Å². The normalized spacial score (nSPS) is 20.3. The van der Waals surface area contributed by atoms with Gasteiger partial charge in [-0.2, -0.15) is 13.8 Å². The van der Waals surface area contributed by atoms with E-state index in [4.69, 9.17) is 0 Å². The molecule has 2 fully saturated rings. The first-order valence-electron chi connectivity index (χ1n) is 13.9. The smallest absolute Gasteiger partial charge is 0.289 e. The molecule has 3 aliphatic rings. The third-order valence-corrected chi connectivity index (χ3v) is 7.50. The molecule has 1 atom stereocenters. The summed E-state index contributed by atoms with van der Waals surface area (Å²) in [5.41, 5.74) is 2.41. The summed E-state index contributed by atoms with van der Waals surface area (Å²) in [5, 5.41) is 3.51. The van der Waals surface area contributed by atoms with Crippen LogP contribution in [0.2, 0.25) is 0 Å². The number of nitrogens with zero attached hydrogens (tertiary/aromatic N) is 7. The van der Waals surface area contributed by atoms with Crippen LogP contribution in [0.25, 0.3) is 11.0 Å². The molecular weight excluding hydrogens is 514 g/mol. The van der Waals surface area contributed by atoms with Crippen molar-refractivity contribution in [3.63, 3.8) is 0 Å². The lowest BCUT2D eigenvalue weighted by Gasteiger charge is -2.34. The van der Waals surface area contributed by atoms with E-state index in [-0.39, 0.29) is 24.2 Å². The lowest BCUT2D eigenvalue weighted by Crippen LogP contribution is -2.44. The molecule has 11 heteroatoms. The van der Waals surface area contributed by atoms with Crippen LogP contribution in [0.3, 0.4) is 0 Å². The van der Waals surface area contributed by atoms with Gasteiger partial charge in [0.25, 0.3) is 11.5 Å². The molecule has 1 aliphatic carbocycles. The van der Waals surface area contributed by atoms with E-state index in [0.29, 0.717) is 35.4 Å². The Morgan fingerprint density at radius 3 is 2.58 bits per heavy atom. The molecule has 2 aliphatic heterocycles. The Bertz CT molecular complexity index is 1500. The van der Waals surface area contributed by atoms with Crippen molar-refractivity contribution in [1.82, 2.24) is 24.2 Å². The lowest BCUT2D eigenvalue weighted by molar-refractivity contribution is 0.0786. The van der Waals surface area contributed by atoms with Crippen LogP contribution in [-0.2, 0) is 6.54 Å². The van der Waals surface area contributed by atoms with Crippen LogP contribution in [0.4, 0.5) is 26.1 Å². The van der Waals surface area contributed by atoms with Gasteiger partial charge in [0.2, 0.25) is 5.95 Å². The van der Waals surface area contributed by atoms with Crippen molar-refractivity contribution in [2.24, 2.45) is 4.99 Å². The zero-order chi connectivity index (χ0) is 28.4. The van der Waals surface area contributed by atoms with Crippen LogP contribution in [0.15, 0.2) is 64.6 Å². The number of aliphatic imine (C=N–C) groups is 1. The molecule has 1 N–H and O–H groups in total. The van der Waals surface area contributed by atoms with Crippen LogP contribution in [0.1, 0.15) is 39.3 Å². The van der Waals surface area contributed by atoms with Crippen LogP contribution >= 0.6 is 0 Å². The van der Waals surface area contributed by atoms with Crippen LogP contribution in [-0.4, -0.2) is 69.1 Å². The van der Waals surface area contributed by atoms with E-state index >= 15 is 0 Å². The number of hydrogen-bond donors (Lipinski definition) is 1. The number of likely N-dealkylation sites (N-methyl/N-ethyl adjacent to an activating group) is 1. The zero-order valence-corrected chi connectivity index (χ0v) is 23.3. The number of piperazine rings is 1. The van der Waals surface area contributed by atoms with E-state index < -0.39 is 12.1 Å². The van der Waals surface area contributed by atoms with E-state index in [9.17, 15) is 13.6 Å². The Hall–Kier alpha value is -3.86. The molecule has 1 aromatic carbocycles. The van der Waals surface area contributed by atoms with Gasteiger partial charge in [0.05, 0.1) is 6.54 Å². The number of benzene rings is 1. The quantitative estimate of drug-likeness (QED) is 0.435. The molecule has 40 heavy (non-hydrogen) atoms. The minimum Gasteiger partial charge on any atom is -0.369 e. The number of alkyl halides is 2. The molecule has 2 aromatic heterocycles. The first-order valence-corrected chi connectivity index (χ1v) is 13.9. The third kappa shape index (κ3) is 5.17. The summed E-state index contributed by atoms with van der Waals surface area (Å²) >= 11 is 0. The Balaban J connectivity index is 0.00000158. The van der Waals surface area contributed by atoms with E-state index in [0.717, 1.165) is 37.6 Å². The first-order chi connectivity index (χ1) is 19.3. The number of dihydropyridines is 1. The molecule has 1 saturated carbocycles. The van der Waals surface area contributed by atoms with Gasteiger partial charge in [-0.05, 0) is 43.3 Å². The summed E-state index contributed by atoms with van der Waals surface area (Å²) in [7, 11) is 2.13. The summed E-state index contributed by atoms with van der Waals surface area (Å²) in [6, 6.07) is 8.07. The maximum atomic E-state index is 14.5. The first kappa shape index (κ1) is 27.7. The fraction of sp³-hybridized carbons (Fsp3) is 0.448. The zero-order valence-electron chi connectivity index (χ0n) is 23.3. The number of aromatic nitrogens is 4. The molecule has 1 saturated heterocycles. The van der Waals surface area contributed by atoms with Crippen LogP contribution < -0.4 is 15.8 Å². The summed E-state index contributed by atoms with van der Waals surface area (Å²) in [5.74, 6) is -2.66. The Kier molecular flexibility index (Phi) is 7.84. The highest BCUT2D eigenvalue weighted by Gasteiger charge is 2.45. The highest BCUT2D eigenvalue weighted by atomic mass is 19.3. The molecule has 0 amide bonds. The minimum atomic E-state index is -2.96. The second-order valence-electron chi connectivity index (χ2n) is 10.0. The topological polar surface area (TPSA) is 83.6 Å². The number of nitrogens with one attached hydrogen (secondary N) is 1. The molecule has 0 spiro atoms. The van der Waals surface area contributed by atoms with Gasteiger partial charge in [-0.15, -0.1) is 6.58 Å². The Morgan fingerprint density at radius 1 is 1.15 bits per heavy atom. The summed E-state index contributed by atoms with van der Waals surface area (Å²) < 4.78 is 32.1. The second-order valence-corrected chi connectivity index (χ2v) is 10.0. The molecule has 6 rings (SSSR count). The van der Waals surface area contributed by atoms with Gasteiger partial charge in [-0.25, -0.2) is 14.3 Å². The van der Waals surface area contributed by atoms with Crippen LogP contribution in [0.5, 0.6) is 0 Å². The summed E-state index contributed by atoms with van der Waals surface area (Å²) in [6.07, 6.45) is 4.64. The van der Waals surface area contributed by atoms with E-state index in [1.807, 2.05) is 32.1 Å². The van der Waals surface area contributed by atoms with Crippen molar-refractivity contribution in [2.75, 3.05) is 43.4 Å².